The van der Waals surface area contributed by atoms with Gasteiger partial charge in [0.2, 0.25) is 0 Å². The van der Waals surface area contributed by atoms with Crippen molar-refractivity contribution < 1.29 is 4.74 Å². The molecule has 1 saturated heterocycles. The Bertz CT molecular complexity index is 419. The predicted molar refractivity (Wildman–Crippen MR) is 95.5 cm³/mol. The molecule has 0 spiro atoms. The molecule has 4 heteroatoms. The second-order valence-corrected chi connectivity index (χ2v) is 8.47. The molecule has 1 fully saturated rings. The molecule has 0 radical (unpaired) electrons. The third kappa shape index (κ3) is 5.24. The number of hydrogen-bond acceptors (Lipinski definition) is 4. The molecule has 22 heavy (non-hydrogen) atoms. The summed E-state index contributed by atoms with van der Waals surface area (Å²) in [6.45, 7) is 11.2. The van der Waals surface area contributed by atoms with Crippen LogP contribution in [0.4, 0.5) is 5.00 Å². The van der Waals surface area contributed by atoms with Crippen molar-refractivity contribution in [3.05, 3.63) is 11.7 Å². The average Bonchev–Trinajstić information content (AvgIpc) is 2.99. The second kappa shape index (κ2) is 8.30. The monoisotopic (exact) mass is 324 g/mol. The van der Waals surface area contributed by atoms with Crippen molar-refractivity contribution in [2.45, 2.75) is 65.9 Å². The van der Waals surface area contributed by atoms with E-state index in [1.54, 1.807) is 11.3 Å². The van der Waals surface area contributed by atoms with Crippen LogP contribution in [0, 0.1) is 17.3 Å². The maximum atomic E-state index is 6.03. The highest BCUT2D eigenvalue weighted by atomic mass is 32.1. The number of ether oxygens (including phenoxy) is 1. The van der Waals surface area contributed by atoms with E-state index in [-0.39, 0.29) is 0 Å². The molecule has 1 aliphatic rings. The van der Waals surface area contributed by atoms with Crippen molar-refractivity contribution in [2.75, 3.05) is 18.5 Å². The summed E-state index contributed by atoms with van der Waals surface area (Å²) in [7, 11) is 0. The van der Waals surface area contributed by atoms with Crippen LogP contribution in [0.2, 0.25) is 0 Å². The lowest BCUT2D eigenvalue weighted by molar-refractivity contribution is -0.0752. The van der Waals surface area contributed by atoms with Gasteiger partial charge in [0.25, 0.3) is 0 Å². The number of nitrogens with one attached hydrogen (secondary N) is 1. The first-order valence-electron chi connectivity index (χ1n) is 8.75. The summed E-state index contributed by atoms with van der Waals surface area (Å²) in [6, 6.07) is 0. The molecule has 0 aromatic carbocycles. The highest BCUT2D eigenvalue weighted by molar-refractivity contribution is 7.13. The van der Waals surface area contributed by atoms with Gasteiger partial charge in [0.1, 0.15) is 5.00 Å². The normalized spacial score (nSPS) is 25.8. The summed E-state index contributed by atoms with van der Waals surface area (Å²) < 4.78 is 6.03. The van der Waals surface area contributed by atoms with Crippen molar-refractivity contribution in [1.82, 2.24) is 4.98 Å². The van der Waals surface area contributed by atoms with E-state index in [1.807, 2.05) is 11.7 Å². The molecule has 0 unspecified atom stereocenters. The van der Waals surface area contributed by atoms with Gasteiger partial charge in [-0.15, -0.1) is 11.3 Å². The van der Waals surface area contributed by atoms with Crippen LogP contribution in [0.25, 0.3) is 0 Å². The van der Waals surface area contributed by atoms with E-state index in [1.165, 1.54) is 37.1 Å². The van der Waals surface area contributed by atoms with Gasteiger partial charge in [-0.25, -0.2) is 0 Å². The molecule has 2 atom stereocenters. The zero-order valence-electron chi connectivity index (χ0n) is 14.6. The van der Waals surface area contributed by atoms with Gasteiger partial charge in [-0.2, -0.15) is 0 Å². The smallest absolute Gasteiger partial charge is 0.108 e. The topological polar surface area (TPSA) is 34.2 Å². The Morgan fingerprint density at radius 3 is 2.82 bits per heavy atom. The summed E-state index contributed by atoms with van der Waals surface area (Å²) in [6.07, 6.45) is 8.70. The van der Waals surface area contributed by atoms with Crippen LogP contribution < -0.4 is 5.32 Å². The standard InChI is InChI=1S/C18H32N2OS/c1-14(2)5-6-18(7-9-20-17-12-19-13-22-17)8-10-21-16(11-18)15(3)4/h12-16,20H,5-11H2,1-4H3/t16-,18-/m0/s1. The number of nitrogens with zero attached hydrogens (tertiary/aromatic N) is 1. The average molecular weight is 325 g/mol. The first-order chi connectivity index (χ1) is 10.5. The molecular weight excluding hydrogens is 292 g/mol. The molecule has 1 N–H and O–H groups in total. The van der Waals surface area contributed by atoms with Gasteiger partial charge < -0.3 is 10.1 Å². The largest absolute Gasteiger partial charge is 0.378 e. The van der Waals surface area contributed by atoms with E-state index in [0.29, 0.717) is 17.4 Å². The fourth-order valence-corrected chi connectivity index (χ4v) is 3.91. The minimum atomic E-state index is 0.435. The third-order valence-electron chi connectivity index (χ3n) is 4.98. The third-order valence-corrected chi connectivity index (χ3v) is 5.71. The molecule has 1 aliphatic heterocycles. The number of thiazole rings is 1. The van der Waals surface area contributed by atoms with Gasteiger partial charge in [-0.1, -0.05) is 34.1 Å². The van der Waals surface area contributed by atoms with Crippen LogP contribution in [0.15, 0.2) is 11.7 Å². The number of anilines is 1. The molecule has 0 saturated carbocycles. The molecule has 3 nitrogen and oxygen atoms in total. The maximum Gasteiger partial charge on any atom is 0.108 e. The van der Waals surface area contributed by atoms with Crippen molar-refractivity contribution in [1.29, 1.82) is 0 Å². The van der Waals surface area contributed by atoms with Crippen molar-refractivity contribution in [3.63, 3.8) is 0 Å². The van der Waals surface area contributed by atoms with Crippen LogP contribution in [0.5, 0.6) is 0 Å². The molecule has 126 valence electrons. The SMILES string of the molecule is CC(C)CC[C@]1(CCNc2cncs2)CCO[C@H](C(C)C)C1. The number of aromatic nitrogens is 1. The zero-order chi connectivity index (χ0) is 16.0. The van der Waals surface area contributed by atoms with Gasteiger partial charge in [-0.3, -0.25) is 4.98 Å². The minimum Gasteiger partial charge on any atom is -0.378 e. The summed E-state index contributed by atoms with van der Waals surface area (Å²) in [5, 5.41) is 4.73. The zero-order valence-corrected chi connectivity index (χ0v) is 15.4. The van der Waals surface area contributed by atoms with Gasteiger partial charge >= 0.3 is 0 Å². The highest BCUT2D eigenvalue weighted by Gasteiger charge is 2.37. The van der Waals surface area contributed by atoms with E-state index < -0.39 is 0 Å². The Balaban J connectivity index is 1.94. The molecule has 1 aromatic rings. The number of hydrogen-bond donors (Lipinski definition) is 1. The number of rotatable bonds is 8. The first kappa shape index (κ1) is 17.7. The lowest BCUT2D eigenvalue weighted by atomic mass is 9.69. The van der Waals surface area contributed by atoms with Crippen molar-refractivity contribution >= 4 is 16.3 Å². The van der Waals surface area contributed by atoms with E-state index in [0.717, 1.165) is 19.1 Å². The van der Waals surface area contributed by atoms with E-state index in [2.05, 4.69) is 38.0 Å². The minimum absolute atomic E-state index is 0.435. The van der Waals surface area contributed by atoms with Crippen molar-refractivity contribution in [3.8, 4) is 0 Å². The molecule has 0 bridgehead atoms. The fourth-order valence-electron chi connectivity index (χ4n) is 3.37. The molecule has 0 amide bonds. The molecule has 0 aliphatic carbocycles. The lowest BCUT2D eigenvalue weighted by Crippen LogP contribution is -2.39. The highest BCUT2D eigenvalue weighted by Crippen LogP contribution is 2.43. The summed E-state index contributed by atoms with van der Waals surface area (Å²) in [5.74, 6) is 1.40. The molecular formula is C18H32N2OS. The predicted octanol–water partition coefficient (Wildman–Crippen LogP) is 5.20. The van der Waals surface area contributed by atoms with E-state index in [9.17, 15) is 0 Å². The molecule has 2 heterocycles. The van der Waals surface area contributed by atoms with Crippen molar-refractivity contribution in [2.24, 2.45) is 17.3 Å². The van der Waals surface area contributed by atoms with Crippen LogP contribution >= 0.6 is 11.3 Å². The van der Waals surface area contributed by atoms with Gasteiger partial charge in [0.15, 0.2) is 0 Å². The van der Waals surface area contributed by atoms with Gasteiger partial charge in [-0.05, 0) is 42.9 Å². The van der Waals surface area contributed by atoms with Crippen LogP contribution in [-0.2, 0) is 4.74 Å². The van der Waals surface area contributed by atoms with Crippen LogP contribution in [0.1, 0.15) is 59.8 Å². The van der Waals surface area contributed by atoms with Crippen LogP contribution in [-0.4, -0.2) is 24.2 Å². The molecule has 1 aromatic heterocycles. The summed E-state index contributed by atoms with van der Waals surface area (Å²) in [4.78, 5) is 4.14. The Labute approximate surface area is 139 Å². The summed E-state index contributed by atoms with van der Waals surface area (Å²) >= 11 is 1.69. The Morgan fingerprint density at radius 1 is 1.36 bits per heavy atom. The first-order valence-corrected chi connectivity index (χ1v) is 9.63. The van der Waals surface area contributed by atoms with E-state index >= 15 is 0 Å². The quantitative estimate of drug-likeness (QED) is 0.713. The Kier molecular flexibility index (Phi) is 6.69. The second-order valence-electron chi connectivity index (χ2n) is 7.58. The fraction of sp³-hybridized carbons (Fsp3) is 0.833. The molecule has 2 rings (SSSR count). The Morgan fingerprint density at radius 2 is 2.18 bits per heavy atom. The van der Waals surface area contributed by atoms with Crippen LogP contribution in [0.3, 0.4) is 0 Å². The summed E-state index contributed by atoms with van der Waals surface area (Å²) in [5.41, 5.74) is 2.34. The Hall–Kier alpha value is -0.610. The van der Waals surface area contributed by atoms with E-state index in [4.69, 9.17) is 4.74 Å². The van der Waals surface area contributed by atoms with Gasteiger partial charge in [0, 0.05) is 13.2 Å². The lowest BCUT2D eigenvalue weighted by Gasteiger charge is -2.43. The maximum absolute atomic E-state index is 6.03. The van der Waals surface area contributed by atoms with Gasteiger partial charge in [0.05, 0.1) is 17.8 Å².